The predicted molar refractivity (Wildman–Crippen MR) is 192 cm³/mol. The Morgan fingerprint density at radius 2 is 1.79 bits per heavy atom. The van der Waals surface area contributed by atoms with Crippen LogP contribution in [0.3, 0.4) is 0 Å². The molecule has 2 N–H and O–H groups in total. The molecule has 0 saturated carbocycles. The Hall–Kier alpha value is -5.19. The zero-order valence-corrected chi connectivity index (χ0v) is 27.6. The molecule has 242 valence electrons. The quantitative estimate of drug-likeness (QED) is 0.167. The first-order valence-electron chi connectivity index (χ1n) is 16.3. The lowest BCUT2D eigenvalue weighted by atomic mass is 10.0. The highest BCUT2D eigenvalue weighted by atomic mass is 32.1. The van der Waals surface area contributed by atoms with Crippen LogP contribution >= 0.6 is 11.3 Å². The number of aryl methyl sites for hydroxylation is 3. The molecule has 48 heavy (non-hydrogen) atoms. The molecule has 9 nitrogen and oxygen atoms in total. The first kappa shape index (κ1) is 30.2. The first-order chi connectivity index (χ1) is 23.6. The zero-order chi connectivity index (χ0) is 32.5. The largest absolute Gasteiger partial charge is 0.493 e. The molecule has 0 atom stereocenters. The molecule has 1 saturated heterocycles. The number of ether oxygens (including phenoxy) is 2. The second kappa shape index (κ2) is 13.1. The van der Waals surface area contributed by atoms with E-state index in [1.807, 2.05) is 54.3 Å². The van der Waals surface area contributed by atoms with Crippen molar-refractivity contribution in [3.63, 3.8) is 0 Å². The third-order valence-corrected chi connectivity index (χ3v) is 10.2. The number of rotatable bonds is 9. The van der Waals surface area contributed by atoms with E-state index in [0.29, 0.717) is 18.6 Å². The van der Waals surface area contributed by atoms with Gasteiger partial charge in [-0.15, -0.1) is 11.3 Å². The Balaban J connectivity index is 0.973. The van der Waals surface area contributed by atoms with E-state index in [-0.39, 0.29) is 5.91 Å². The molecule has 5 heterocycles. The minimum Gasteiger partial charge on any atom is -0.493 e. The second-order valence-electron chi connectivity index (χ2n) is 12.2. The van der Waals surface area contributed by atoms with Crippen LogP contribution in [0.4, 0.5) is 22.7 Å². The van der Waals surface area contributed by atoms with Gasteiger partial charge in [-0.25, -0.2) is 4.98 Å². The molecule has 3 aromatic carbocycles. The highest BCUT2D eigenvalue weighted by Crippen LogP contribution is 2.37. The Kier molecular flexibility index (Phi) is 8.25. The number of aromatic nitrogens is 3. The summed E-state index contributed by atoms with van der Waals surface area (Å²) >= 11 is 1.70. The topological polar surface area (TPSA) is 93.5 Å². The molecule has 0 unspecified atom stereocenters. The molecule has 2 aliphatic rings. The van der Waals surface area contributed by atoms with Crippen LogP contribution in [0.1, 0.15) is 26.5 Å². The van der Waals surface area contributed by atoms with Gasteiger partial charge in [-0.2, -0.15) is 0 Å². The normalized spacial score (nSPS) is 14.2. The van der Waals surface area contributed by atoms with Crippen molar-refractivity contribution in [2.24, 2.45) is 0 Å². The molecule has 0 spiro atoms. The van der Waals surface area contributed by atoms with Crippen molar-refractivity contribution >= 4 is 50.9 Å². The summed E-state index contributed by atoms with van der Waals surface area (Å²) in [5, 5.41) is 7.79. The molecule has 0 radical (unpaired) electrons. The number of morpholine rings is 1. The summed E-state index contributed by atoms with van der Waals surface area (Å²) < 4.78 is 13.8. The number of nitrogens with zero attached hydrogens (tertiary/aromatic N) is 4. The number of carbonyl (C=O) groups is 1. The van der Waals surface area contributed by atoms with E-state index in [0.717, 1.165) is 95.4 Å². The predicted octanol–water partition coefficient (Wildman–Crippen LogP) is 7.48. The van der Waals surface area contributed by atoms with Gasteiger partial charge in [0.15, 0.2) is 0 Å². The number of anilines is 4. The van der Waals surface area contributed by atoms with Crippen LogP contribution < -0.4 is 20.3 Å². The summed E-state index contributed by atoms with van der Waals surface area (Å²) in [7, 11) is 0. The van der Waals surface area contributed by atoms with Gasteiger partial charge in [0, 0.05) is 66.4 Å². The van der Waals surface area contributed by atoms with E-state index < -0.39 is 0 Å². The molecule has 2 aliphatic heterocycles. The molecule has 6 aromatic rings. The van der Waals surface area contributed by atoms with E-state index in [1.54, 1.807) is 11.3 Å². The number of nitrogens with one attached hydrogen (secondary N) is 2. The van der Waals surface area contributed by atoms with Gasteiger partial charge >= 0.3 is 0 Å². The average Bonchev–Trinajstić information content (AvgIpc) is 3.67. The van der Waals surface area contributed by atoms with Gasteiger partial charge in [-0.05, 0) is 72.6 Å². The van der Waals surface area contributed by atoms with E-state index >= 15 is 0 Å². The number of fused-ring (bicyclic) bond motifs is 3. The van der Waals surface area contributed by atoms with Gasteiger partial charge in [0.05, 0.1) is 65.4 Å². The zero-order valence-electron chi connectivity index (χ0n) is 26.7. The molecule has 10 heteroatoms. The number of benzene rings is 3. The Morgan fingerprint density at radius 1 is 0.917 bits per heavy atom. The third kappa shape index (κ3) is 6.12. The van der Waals surface area contributed by atoms with Crippen LogP contribution in [-0.4, -0.2) is 53.4 Å². The fourth-order valence-electron chi connectivity index (χ4n) is 6.51. The van der Waals surface area contributed by atoms with Crippen LogP contribution in [0.5, 0.6) is 5.75 Å². The van der Waals surface area contributed by atoms with Gasteiger partial charge < -0.3 is 29.6 Å². The fraction of sp³-hybridized carbons (Fsp3) is 0.237. The first-order valence-corrected chi connectivity index (χ1v) is 17.2. The van der Waals surface area contributed by atoms with Crippen molar-refractivity contribution in [3.05, 3.63) is 113 Å². The van der Waals surface area contributed by atoms with E-state index in [2.05, 4.69) is 73.5 Å². The maximum absolute atomic E-state index is 13.4. The minimum absolute atomic E-state index is 0.136. The Labute approximate surface area is 283 Å². The maximum atomic E-state index is 13.4. The van der Waals surface area contributed by atoms with E-state index in [4.69, 9.17) is 9.47 Å². The number of pyridine rings is 1. The van der Waals surface area contributed by atoms with Gasteiger partial charge in [0.25, 0.3) is 5.91 Å². The summed E-state index contributed by atoms with van der Waals surface area (Å²) in [6.07, 6.45) is 7.58. The lowest BCUT2D eigenvalue weighted by Gasteiger charge is -2.28. The molecule has 1 fully saturated rings. The van der Waals surface area contributed by atoms with Crippen LogP contribution in [0, 0.1) is 6.92 Å². The van der Waals surface area contributed by atoms with Crippen molar-refractivity contribution in [2.75, 3.05) is 48.4 Å². The van der Waals surface area contributed by atoms with Crippen LogP contribution in [0.15, 0.2) is 90.8 Å². The summed E-state index contributed by atoms with van der Waals surface area (Å²) in [6.45, 7) is 6.78. The molecular formula is C38H36N6O3S. The van der Waals surface area contributed by atoms with E-state index in [9.17, 15) is 4.79 Å². The van der Waals surface area contributed by atoms with Crippen molar-refractivity contribution in [1.29, 1.82) is 0 Å². The standard InChI is InChI=1S/C38H36N6O3S/c1-25-37(48-24-40-25)11-14-44-23-32(30-10-13-39-22-36(30)44)27-3-8-31-34(21-27)41-33-9-2-26(20-35(33)42-38(31)45)12-17-47-29-6-4-28(5-7-29)43-15-18-46-19-16-43/h2-10,13,20-24,41H,11-12,14-19H2,1H3,(H,42,45). The summed E-state index contributed by atoms with van der Waals surface area (Å²) in [6, 6.07) is 22.5. The van der Waals surface area contributed by atoms with Gasteiger partial charge in [0.1, 0.15) is 5.75 Å². The average molecular weight is 657 g/mol. The van der Waals surface area contributed by atoms with E-state index in [1.165, 1.54) is 10.6 Å². The molecule has 8 rings (SSSR count). The van der Waals surface area contributed by atoms with Crippen LogP contribution in [0.2, 0.25) is 0 Å². The summed E-state index contributed by atoms with van der Waals surface area (Å²) in [5.74, 6) is 0.709. The maximum Gasteiger partial charge on any atom is 0.257 e. The molecule has 1 amide bonds. The summed E-state index contributed by atoms with van der Waals surface area (Å²) in [5.41, 5.74) is 11.5. The third-order valence-electron chi connectivity index (χ3n) is 9.16. The SMILES string of the molecule is Cc1ncsc1CCn1cc(-c2ccc3c(c2)Nc2ccc(CCOc4ccc(N5CCOCC5)cc4)cc2NC3=O)c2ccncc21. The smallest absolute Gasteiger partial charge is 0.257 e. The second-order valence-corrected chi connectivity index (χ2v) is 13.1. The fourth-order valence-corrected chi connectivity index (χ4v) is 7.28. The minimum atomic E-state index is -0.136. The molecular weight excluding hydrogens is 621 g/mol. The molecule has 0 aliphatic carbocycles. The molecule has 0 bridgehead atoms. The molecule has 3 aromatic heterocycles. The lowest BCUT2D eigenvalue weighted by Crippen LogP contribution is -2.36. The van der Waals surface area contributed by atoms with Crippen LogP contribution in [-0.2, 0) is 24.1 Å². The summed E-state index contributed by atoms with van der Waals surface area (Å²) in [4.78, 5) is 25.9. The highest BCUT2D eigenvalue weighted by molar-refractivity contribution is 7.09. The highest BCUT2D eigenvalue weighted by Gasteiger charge is 2.21. The number of hydrogen-bond donors (Lipinski definition) is 2. The number of thiazole rings is 1. The Morgan fingerprint density at radius 3 is 2.62 bits per heavy atom. The van der Waals surface area contributed by atoms with Crippen molar-refractivity contribution in [2.45, 2.75) is 26.3 Å². The van der Waals surface area contributed by atoms with Gasteiger partial charge in [-0.1, -0.05) is 12.1 Å². The van der Waals surface area contributed by atoms with Gasteiger partial charge in [-0.3, -0.25) is 9.78 Å². The monoisotopic (exact) mass is 656 g/mol. The van der Waals surface area contributed by atoms with Crippen molar-refractivity contribution < 1.29 is 14.3 Å². The van der Waals surface area contributed by atoms with Crippen LogP contribution in [0.25, 0.3) is 22.0 Å². The number of amides is 1. The van der Waals surface area contributed by atoms with Crippen molar-refractivity contribution in [3.8, 4) is 16.9 Å². The Bertz CT molecular complexity index is 2100. The van der Waals surface area contributed by atoms with Gasteiger partial charge in [0.2, 0.25) is 0 Å². The van der Waals surface area contributed by atoms with Crippen molar-refractivity contribution in [1.82, 2.24) is 14.5 Å². The number of hydrogen-bond acceptors (Lipinski definition) is 8. The number of carbonyl (C=O) groups excluding carboxylic acids is 1. The lowest BCUT2D eigenvalue weighted by molar-refractivity contribution is 0.102.